The van der Waals surface area contributed by atoms with Crippen LogP contribution in [0.3, 0.4) is 0 Å². The highest BCUT2D eigenvalue weighted by molar-refractivity contribution is 5.75. The van der Waals surface area contributed by atoms with Crippen LogP contribution in [-0.4, -0.2) is 29.8 Å². The fourth-order valence-corrected chi connectivity index (χ4v) is 1.90. The third kappa shape index (κ3) is 5.85. The topological polar surface area (TPSA) is 49.4 Å². The molecule has 1 heterocycles. The van der Waals surface area contributed by atoms with Crippen LogP contribution in [0.2, 0.25) is 0 Å². The van der Waals surface area contributed by atoms with Crippen molar-refractivity contribution in [2.75, 3.05) is 13.1 Å². The van der Waals surface area contributed by atoms with E-state index >= 15 is 0 Å². The summed E-state index contributed by atoms with van der Waals surface area (Å²) in [5, 5.41) is 2.00. The van der Waals surface area contributed by atoms with E-state index in [2.05, 4.69) is 5.43 Å². The van der Waals surface area contributed by atoms with Crippen molar-refractivity contribution >= 4 is 11.7 Å². The summed E-state index contributed by atoms with van der Waals surface area (Å²) < 4.78 is 0. The number of carbonyl (C=O) groups is 2. The molecule has 1 amide bonds. The number of hydrazine groups is 1. The fourth-order valence-electron chi connectivity index (χ4n) is 1.90. The Balaban J connectivity index is 1.95. The molecule has 4 nitrogen and oxygen atoms in total. The highest BCUT2D eigenvalue weighted by atomic mass is 16.2. The van der Waals surface area contributed by atoms with E-state index in [0.29, 0.717) is 12.8 Å². The largest absolute Gasteiger partial charge is 0.300 e. The van der Waals surface area contributed by atoms with Gasteiger partial charge in [0.2, 0.25) is 5.91 Å². The van der Waals surface area contributed by atoms with Gasteiger partial charge in [0.05, 0.1) is 0 Å². The monoisotopic (exact) mass is 226 g/mol. The van der Waals surface area contributed by atoms with Crippen LogP contribution in [0, 0.1) is 0 Å². The van der Waals surface area contributed by atoms with Crippen molar-refractivity contribution in [3.63, 3.8) is 0 Å². The highest BCUT2D eigenvalue weighted by Crippen LogP contribution is 2.06. The van der Waals surface area contributed by atoms with Gasteiger partial charge in [-0.15, -0.1) is 0 Å². The van der Waals surface area contributed by atoms with E-state index in [4.69, 9.17) is 0 Å². The van der Waals surface area contributed by atoms with Crippen LogP contribution in [0.25, 0.3) is 0 Å². The smallest absolute Gasteiger partial charge is 0.234 e. The molecule has 92 valence electrons. The Morgan fingerprint density at radius 2 is 1.69 bits per heavy atom. The Morgan fingerprint density at radius 1 is 1.06 bits per heavy atom. The van der Waals surface area contributed by atoms with Crippen LogP contribution in [0.5, 0.6) is 0 Å². The molecular formula is C12H22N2O2. The summed E-state index contributed by atoms with van der Waals surface area (Å²) in [7, 11) is 0. The zero-order valence-corrected chi connectivity index (χ0v) is 10.1. The number of nitrogens with one attached hydrogen (secondary N) is 1. The van der Waals surface area contributed by atoms with Gasteiger partial charge in [0.1, 0.15) is 5.78 Å². The molecule has 0 bridgehead atoms. The molecule has 0 aromatic heterocycles. The first-order valence-corrected chi connectivity index (χ1v) is 6.22. The molecule has 0 radical (unpaired) electrons. The Hall–Kier alpha value is -0.900. The number of Topliss-reactive ketones (excluding diaryl/α,β-unsaturated/α-hetero) is 1. The molecule has 0 spiro atoms. The zero-order chi connectivity index (χ0) is 11.8. The van der Waals surface area contributed by atoms with E-state index in [1.807, 2.05) is 5.01 Å². The first-order chi connectivity index (χ1) is 7.68. The number of hydrogen-bond acceptors (Lipinski definition) is 3. The Labute approximate surface area is 97.4 Å². The van der Waals surface area contributed by atoms with Gasteiger partial charge < -0.3 is 4.79 Å². The van der Waals surface area contributed by atoms with Gasteiger partial charge >= 0.3 is 0 Å². The van der Waals surface area contributed by atoms with E-state index < -0.39 is 0 Å². The maximum absolute atomic E-state index is 11.5. The fraction of sp³-hybridized carbons (Fsp3) is 0.833. The van der Waals surface area contributed by atoms with Gasteiger partial charge in [-0.05, 0) is 32.6 Å². The maximum atomic E-state index is 11.5. The predicted octanol–water partition coefficient (Wildman–Crippen LogP) is 1.65. The number of unbranched alkanes of at least 4 members (excludes halogenated alkanes) is 2. The van der Waals surface area contributed by atoms with Gasteiger partial charge in [0, 0.05) is 25.9 Å². The summed E-state index contributed by atoms with van der Waals surface area (Å²) in [4.78, 5) is 22.2. The summed E-state index contributed by atoms with van der Waals surface area (Å²) in [6, 6.07) is 0. The van der Waals surface area contributed by atoms with E-state index in [1.165, 1.54) is 12.8 Å². The van der Waals surface area contributed by atoms with Crippen LogP contribution in [0.15, 0.2) is 0 Å². The van der Waals surface area contributed by atoms with E-state index in [-0.39, 0.29) is 11.7 Å². The van der Waals surface area contributed by atoms with Crippen LogP contribution in [-0.2, 0) is 9.59 Å². The molecule has 4 heteroatoms. The van der Waals surface area contributed by atoms with Gasteiger partial charge in [0.25, 0.3) is 0 Å². The minimum atomic E-state index is 0.115. The molecule has 16 heavy (non-hydrogen) atoms. The summed E-state index contributed by atoms with van der Waals surface area (Å²) in [6.07, 6.45) is 6.34. The second kappa shape index (κ2) is 7.39. The maximum Gasteiger partial charge on any atom is 0.234 e. The van der Waals surface area contributed by atoms with Crippen molar-refractivity contribution in [1.29, 1.82) is 0 Å². The molecular weight excluding hydrogens is 204 g/mol. The van der Waals surface area contributed by atoms with Gasteiger partial charge in [-0.2, -0.15) is 0 Å². The molecule has 1 aliphatic heterocycles. The molecule has 0 saturated carbocycles. The lowest BCUT2D eigenvalue weighted by atomic mass is 10.1. The van der Waals surface area contributed by atoms with Crippen molar-refractivity contribution in [2.45, 2.75) is 51.9 Å². The summed E-state index contributed by atoms with van der Waals surface area (Å²) in [6.45, 7) is 3.58. The van der Waals surface area contributed by atoms with Crippen LogP contribution >= 0.6 is 0 Å². The molecule has 1 N–H and O–H groups in total. The lowest BCUT2D eigenvalue weighted by Gasteiger charge is -2.15. The zero-order valence-electron chi connectivity index (χ0n) is 10.1. The number of carbonyl (C=O) groups excluding carboxylic acids is 2. The SMILES string of the molecule is CC(=O)CCCCCC(=O)NN1CCCC1. The molecule has 0 aromatic carbocycles. The second-order valence-electron chi connectivity index (χ2n) is 4.49. The van der Waals surface area contributed by atoms with Crippen LogP contribution in [0.1, 0.15) is 51.9 Å². The Kier molecular flexibility index (Phi) is 6.08. The van der Waals surface area contributed by atoms with Crippen molar-refractivity contribution in [3.8, 4) is 0 Å². The van der Waals surface area contributed by atoms with Gasteiger partial charge in [-0.25, -0.2) is 5.01 Å². The van der Waals surface area contributed by atoms with Crippen molar-refractivity contribution in [1.82, 2.24) is 10.4 Å². The summed E-state index contributed by atoms with van der Waals surface area (Å²) in [5.74, 6) is 0.353. The van der Waals surface area contributed by atoms with Gasteiger partial charge in [-0.3, -0.25) is 10.2 Å². The van der Waals surface area contributed by atoms with E-state index in [1.54, 1.807) is 6.92 Å². The molecule has 0 atom stereocenters. The minimum absolute atomic E-state index is 0.115. The quantitative estimate of drug-likeness (QED) is 0.672. The predicted molar refractivity (Wildman–Crippen MR) is 62.7 cm³/mol. The summed E-state index contributed by atoms with van der Waals surface area (Å²) >= 11 is 0. The molecule has 0 aromatic rings. The first kappa shape index (κ1) is 13.2. The lowest BCUT2D eigenvalue weighted by molar-refractivity contribution is -0.125. The molecule has 0 unspecified atom stereocenters. The Bertz CT molecular complexity index is 235. The molecule has 1 fully saturated rings. The van der Waals surface area contributed by atoms with E-state index in [9.17, 15) is 9.59 Å². The van der Waals surface area contributed by atoms with Crippen LogP contribution in [0.4, 0.5) is 0 Å². The third-order valence-corrected chi connectivity index (χ3v) is 2.82. The lowest BCUT2D eigenvalue weighted by Crippen LogP contribution is -2.39. The van der Waals surface area contributed by atoms with Crippen molar-refractivity contribution in [2.24, 2.45) is 0 Å². The number of hydrogen-bond donors (Lipinski definition) is 1. The summed E-state index contributed by atoms with van der Waals surface area (Å²) in [5.41, 5.74) is 2.91. The van der Waals surface area contributed by atoms with Gasteiger partial charge in [0.15, 0.2) is 0 Å². The average molecular weight is 226 g/mol. The average Bonchev–Trinajstić information content (AvgIpc) is 2.69. The third-order valence-electron chi connectivity index (χ3n) is 2.82. The normalized spacial score (nSPS) is 16.3. The molecule has 1 saturated heterocycles. The molecule has 0 aliphatic carbocycles. The Morgan fingerprint density at radius 3 is 2.31 bits per heavy atom. The standard InChI is InChI=1S/C12H22N2O2/c1-11(15)7-3-2-4-8-12(16)13-14-9-5-6-10-14/h2-10H2,1H3,(H,13,16). The number of amides is 1. The second-order valence-corrected chi connectivity index (χ2v) is 4.49. The van der Waals surface area contributed by atoms with Crippen LogP contribution < -0.4 is 5.43 Å². The van der Waals surface area contributed by atoms with E-state index in [0.717, 1.165) is 32.4 Å². The highest BCUT2D eigenvalue weighted by Gasteiger charge is 2.13. The first-order valence-electron chi connectivity index (χ1n) is 6.22. The van der Waals surface area contributed by atoms with Gasteiger partial charge in [-0.1, -0.05) is 6.42 Å². The number of rotatable bonds is 7. The minimum Gasteiger partial charge on any atom is -0.300 e. The number of ketones is 1. The molecule has 1 rings (SSSR count). The van der Waals surface area contributed by atoms with Crippen molar-refractivity contribution < 1.29 is 9.59 Å². The number of nitrogens with zero attached hydrogens (tertiary/aromatic N) is 1. The molecule has 1 aliphatic rings. The van der Waals surface area contributed by atoms with Crippen molar-refractivity contribution in [3.05, 3.63) is 0 Å².